The number of benzene rings is 1. The van der Waals surface area contributed by atoms with Gasteiger partial charge in [0.25, 0.3) is 5.91 Å². The van der Waals surface area contributed by atoms with Crippen molar-refractivity contribution in [3.63, 3.8) is 0 Å². The minimum Gasteiger partial charge on any atom is -0.496 e. The number of aryl methyl sites for hydroxylation is 1. The summed E-state index contributed by atoms with van der Waals surface area (Å²) in [5, 5.41) is 16.0. The molecule has 1 aliphatic carbocycles. The first-order chi connectivity index (χ1) is 10.7. The van der Waals surface area contributed by atoms with Crippen molar-refractivity contribution in [2.45, 2.75) is 32.3 Å². The van der Waals surface area contributed by atoms with Crippen LogP contribution in [-0.2, 0) is 19.4 Å². The fourth-order valence-electron chi connectivity index (χ4n) is 2.73. The molecule has 0 unspecified atom stereocenters. The van der Waals surface area contributed by atoms with Gasteiger partial charge in [0.2, 0.25) is 0 Å². The molecule has 0 spiro atoms. The molecule has 1 aromatic heterocycles. The van der Waals surface area contributed by atoms with Gasteiger partial charge in [0, 0.05) is 23.2 Å². The highest BCUT2D eigenvalue weighted by Gasteiger charge is 2.24. The van der Waals surface area contributed by atoms with Crippen LogP contribution >= 0.6 is 0 Å². The Kier molecular flexibility index (Phi) is 4.11. The van der Waals surface area contributed by atoms with Gasteiger partial charge in [-0.2, -0.15) is 0 Å². The van der Waals surface area contributed by atoms with Crippen LogP contribution in [0.2, 0.25) is 0 Å². The maximum Gasteiger partial charge on any atom is 0.278 e. The summed E-state index contributed by atoms with van der Waals surface area (Å²) < 4.78 is 10.4. The number of nitrogens with zero attached hydrogens (tertiary/aromatic N) is 1. The van der Waals surface area contributed by atoms with Crippen molar-refractivity contribution in [1.29, 1.82) is 0 Å². The van der Waals surface area contributed by atoms with Gasteiger partial charge in [0.05, 0.1) is 13.7 Å². The average Bonchev–Trinajstić information content (AvgIpc) is 2.98. The van der Waals surface area contributed by atoms with Gasteiger partial charge in [0.15, 0.2) is 5.69 Å². The molecule has 0 radical (unpaired) electrons. The minimum atomic E-state index is -0.291. The van der Waals surface area contributed by atoms with Gasteiger partial charge in [-0.1, -0.05) is 5.16 Å². The number of carbonyl (C=O) groups excluding carboxylic acids is 1. The second kappa shape index (κ2) is 6.19. The Balaban J connectivity index is 1.81. The van der Waals surface area contributed by atoms with E-state index in [-0.39, 0.29) is 12.5 Å². The van der Waals surface area contributed by atoms with Crippen LogP contribution in [0.4, 0.5) is 5.69 Å². The molecule has 1 heterocycles. The van der Waals surface area contributed by atoms with Gasteiger partial charge in [-0.25, -0.2) is 0 Å². The molecule has 0 saturated carbocycles. The third-order valence-corrected chi connectivity index (χ3v) is 3.87. The summed E-state index contributed by atoms with van der Waals surface area (Å²) in [7, 11) is 1.54. The number of hydrogen-bond acceptors (Lipinski definition) is 5. The number of aliphatic hydroxyl groups is 1. The molecule has 0 atom stereocenters. The number of rotatable bonds is 4. The predicted octanol–water partition coefficient (Wildman–Crippen LogP) is 2.31. The first-order valence-corrected chi connectivity index (χ1v) is 7.29. The summed E-state index contributed by atoms with van der Waals surface area (Å²) in [5.74, 6) is 1.11. The predicted molar refractivity (Wildman–Crippen MR) is 80.0 cm³/mol. The maximum absolute atomic E-state index is 12.4. The van der Waals surface area contributed by atoms with E-state index in [9.17, 15) is 9.90 Å². The summed E-state index contributed by atoms with van der Waals surface area (Å²) in [4.78, 5) is 12.4. The van der Waals surface area contributed by atoms with Crippen LogP contribution in [-0.4, -0.2) is 23.3 Å². The lowest BCUT2D eigenvalue weighted by molar-refractivity contribution is 0.101. The molecule has 2 N–H and O–H groups in total. The molecule has 22 heavy (non-hydrogen) atoms. The SMILES string of the molecule is COc1ccc(NC(=O)c2noc3c2CCCC3)cc1CO. The van der Waals surface area contributed by atoms with E-state index < -0.39 is 0 Å². The van der Waals surface area contributed by atoms with E-state index in [2.05, 4.69) is 10.5 Å². The van der Waals surface area contributed by atoms with E-state index in [4.69, 9.17) is 9.26 Å². The van der Waals surface area contributed by atoms with Gasteiger partial charge >= 0.3 is 0 Å². The minimum absolute atomic E-state index is 0.160. The van der Waals surface area contributed by atoms with Crippen LogP contribution in [0.1, 0.15) is 40.2 Å². The normalized spacial score (nSPS) is 13.5. The van der Waals surface area contributed by atoms with Crippen LogP contribution < -0.4 is 10.1 Å². The second-order valence-electron chi connectivity index (χ2n) is 5.28. The van der Waals surface area contributed by atoms with Gasteiger partial charge in [-0.3, -0.25) is 4.79 Å². The van der Waals surface area contributed by atoms with E-state index in [0.29, 0.717) is 22.7 Å². The first-order valence-electron chi connectivity index (χ1n) is 7.29. The Morgan fingerprint density at radius 2 is 2.23 bits per heavy atom. The van der Waals surface area contributed by atoms with E-state index in [0.717, 1.165) is 37.0 Å². The molecule has 1 aromatic carbocycles. The fourth-order valence-corrected chi connectivity index (χ4v) is 2.73. The van der Waals surface area contributed by atoms with Crippen molar-refractivity contribution in [3.05, 3.63) is 40.8 Å². The smallest absolute Gasteiger partial charge is 0.278 e. The lowest BCUT2D eigenvalue weighted by atomic mass is 9.96. The Hall–Kier alpha value is -2.34. The Morgan fingerprint density at radius 3 is 3.00 bits per heavy atom. The average molecular weight is 302 g/mol. The monoisotopic (exact) mass is 302 g/mol. The molecule has 0 fully saturated rings. The summed E-state index contributed by atoms with van der Waals surface area (Å²) in [6.45, 7) is -0.160. The molecule has 1 amide bonds. The standard InChI is InChI=1S/C16H18N2O4/c1-21-13-7-6-11(8-10(13)9-19)17-16(20)15-12-4-2-3-5-14(12)22-18-15/h6-8,19H,2-5,9H2,1H3,(H,17,20). The molecule has 1 aliphatic rings. The first kappa shape index (κ1) is 14.6. The quantitative estimate of drug-likeness (QED) is 0.905. The lowest BCUT2D eigenvalue weighted by Gasteiger charge is -2.11. The zero-order valence-electron chi connectivity index (χ0n) is 12.4. The summed E-state index contributed by atoms with van der Waals surface area (Å²) in [6.07, 6.45) is 3.78. The molecule has 0 aliphatic heterocycles. The topological polar surface area (TPSA) is 84.6 Å². The number of hydrogen-bond donors (Lipinski definition) is 2. The van der Waals surface area contributed by atoms with Crippen LogP contribution in [0.3, 0.4) is 0 Å². The van der Waals surface area contributed by atoms with E-state index in [1.807, 2.05) is 0 Å². The molecule has 6 nitrogen and oxygen atoms in total. The number of ether oxygens (including phenoxy) is 1. The van der Waals surface area contributed by atoms with Crippen molar-refractivity contribution in [2.75, 3.05) is 12.4 Å². The van der Waals surface area contributed by atoms with Crippen LogP contribution in [0.15, 0.2) is 22.7 Å². The van der Waals surface area contributed by atoms with Crippen molar-refractivity contribution in [1.82, 2.24) is 5.16 Å². The van der Waals surface area contributed by atoms with Crippen LogP contribution in [0.25, 0.3) is 0 Å². The summed E-state index contributed by atoms with van der Waals surface area (Å²) in [6, 6.07) is 5.12. The van der Waals surface area contributed by atoms with E-state index in [1.165, 1.54) is 7.11 Å². The van der Waals surface area contributed by atoms with Crippen LogP contribution in [0.5, 0.6) is 5.75 Å². The largest absolute Gasteiger partial charge is 0.496 e. The highest BCUT2D eigenvalue weighted by molar-refractivity contribution is 6.04. The zero-order chi connectivity index (χ0) is 15.5. The summed E-state index contributed by atoms with van der Waals surface area (Å²) in [5.41, 5.74) is 2.47. The number of amides is 1. The van der Waals surface area contributed by atoms with Crippen molar-refractivity contribution in [2.24, 2.45) is 0 Å². The van der Waals surface area contributed by atoms with Gasteiger partial charge in [-0.15, -0.1) is 0 Å². The molecule has 2 aromatic rings. The lowest BCUT2D eigenvalue weighted by Crippen LogP contribution is -2.15. The second-order valence-corrected chi connectivity index (χ2v) is 5.28. The van der Waals surface area contributed by atoms with Crippen molar-refractivity contribution in [3.8, 4) is 5.75 Å². The third-order valence-electron chi connectivity index (χ3n) is 3.87. The maximum atomic E-state index is 12.4. The Bertz CT molecular complexity index is 693. The van der Waals surface area contributed by atoms with Crippen molar-refractivity contribution >= 4 is 11.6 Å². The molecule has 0 saturated heterocycles. The Labute approximate surface area is 128 Å². The number of methoxy groups -OCH3 is 1. The molecule has 6 heteroatoms. The number of aliphatic hydroxyl groups excluding tert-OH is 1. The van der Waals surface area contributed by atoms with E-state index in [1.54, 1.807) is 18.2 Å². The van der Waals surface area contributed by atoms with Crippen LogP contribution in [0, 0.1) is 0 Å². The fraction of sp³-hybridized carbons (Fsp3) is 0.375. The van der Waals surface area contributed by atoms with Crippen molar-refractivity contribution < 1.29 is 19.2 Å². The number of carbonyl (C=O) groups is 1. The molecule has 0 bridgehead atoms. The zero-order valence-corrected chi connectivity index (χ0v) is 12.4. The molecule has 116 valence electrons. The molecular formula is C16H18N2O4. The highest BCUT2D eigenvalue weighted by atomic mass is 16.5. The molecular weight excluding hydrogens is 284 g/mol. The van der Waals surface area contributed by atoms with Gasteiger partial charge in [0.1, 0.15) is 11.5 Å². The highest BCUT2D eigenvalue weighted by Crippen LogP contribution is 2.26. The number of aromatic nitrogens is 1. The van der Waals surface area contributed by atoms with Gasteiger partial charge in [-0.05, 0) is 37.5 Å². The summed E-state index contributed by atoms with van der Waals surface area (Å²) >= 11 is 0. The number of nitrogens with one attached hydrogen (secondary N) is 1. The number of fused-ring (bicyclic) bond motifs is 1. The number of anilines is 1. The molecule has 3 rings (SSSR count). The Morgan fingerprint density at radius 1 is 1.41 bits per heavy atom. The van der Waals surface area contributed by atoms with Gasteiger partial charge < -0.3 is 19.7 Å². The third kappa shape index (κ3) is 2.69. The van der Waals surface area contributed by atoms with E-state index >= 15 is 0 Å².